The summed E-state index contributed by atoms with van der Waals surface area (Å²) >= 11 is 0. The quantitative estimate of drug-likeness (QED) is 0.490. The van der Waals surface area contributed by atoms with Crippen molar-refractivity contribution in [2.75, 3.05) is 0 Å². The van der Waals surface area contributed by atoms with Gasteiger partial charge in [0.15, 0.2) is 0 Å². The van der Waals surface area contributed by atoms with Crippen molar-refractivity contribution in [3.8, 4) is 0 Å². The third kappa shape index (κ3) is 3.53. The highest BCUT2D eigenvalue weighted by molar-refractivity contribution is 5.94. The van der Waals surface area contributed by atoms with Gasteiger partial charge < -0.3 is 5.11 Å². The van der Waals surface area contributed by atoms with E-state index in [1.54, 1.807) is 0 Å². The summed E-state index contributed by atoms with van der Waals surface area (Å²) in [5.41, 5.74) is -0.665. The van der Waals surface area contributed by atoms with Gasteiger partial charge in [0.2, 0.25) is 0 Å². The molecule has 9 atom stereocenters. The van der Waals surface area contributed by atoms with Gasteiger partial charge in [-0.05, 0) is 71.0 Å². The summed E-state index contributed by atoms with van der Waals surface area (Å²) in [6.45, 7) is 18.3. The zero-order valence-corrected chi connectivity index (χ0v) is 22.7. The van der Waals surface area contributed by atoms with Crippen LogP contribution in [0.5, 0.6) is 0 Å². The van der Waals surface area contributed by atoms with Crippen LogP contribution in [0.3, 0.4) is 0 Å². The van der Waals surface area contributed by atoms with E-state index in [0.29, 0.717) is 36.2 Å². The Morgan fingerprint density at radius 2 is 1.55 bits per heavy atom. The third-order valence-electron chi connectivity index (χ3n) is 12.1. The average molecular weight is 459 g/mol. The Balaban J connectivity index is 1.67. The number of carbonyl (C=O) groups excluding carboxylic acids is 2. The number of hydrogen-bond donors (Lipinski definition) is 1. The minimum atomic E-state index is -0.387. The van der Waals surface area contributed by atoms with Crippen LogP contribution in [0.4, 0.5) is 0 Å². The van der Waals surface area contributed by atoms with E-state index in [2.05, 4.69) is 55.4 Å². The molecule has 0 spiro atoms. The van der Waals surface area contributed by atoms with Crippen LogP contribution in [0.1, 0.15) is 113 Å². The smallest absolute Gasteiger partial charge is 0.137 e. The molecule has 33 heavy (non-hydrogen) atoms. The molecule has 0 aliphatic heterocycles. The van der Waals surface area contributed by atoms with Gasteiger partial charge in [0.25, 0.3) is 0 Å². The molecule has 188 valence electrons. The summed E-state index contributed by atoms with van der Waals surface area (Å²) in [5, 5.41) is 10.8. The Morgan fingerprint density at radius 3 is 2.18 bits per heavy atom. The van der Waals surface area contributed by atoms with Crippen molar-refractivity contribution in [2.45, 2.75) is 119 Å². The highest BCUT2D eigenvalue weighted by atomic mass is 16.3. The third-order valence-corrected chi connectivity index (χ3v) is 12.1. The van der Waals surface area contributed by atoms with Crippen LogP contribution >= 0.6 is 0 Å². The minimum absolute atomic E-state index is 0.0783. The lowest BCUT2D eigenvalue weighted by molar-refractivity contribution is -0.200. The van der Waals surface area contributed by atoms with Crippen LogP contribution in [0, 0.1) is 57.2 Å². The summed E-state index contributed by atoms with van der Waals surface area (Å²) in [7, 11) is 0. The van der Waals surface area contributed by atoms with Crippen LogP contribution in [-0.2, 0) is 9.59 Å². The average Bonchev–Trinajstić information content (AvgIpc) is 2.97. The zero-order chi connectivity index (χ0) is 24.6. The Kier molecular flexibility index (Phi) is 6.29. The van der Waals surface area contributed by atoms with E-state index >= 15 is 0 Å². The monoisotopic (exact) mass is 458 g/mol. The lowest BCUT2D eigenvalue weighted by Gasteiger charge is -2.65. The normalized spacial score (nSPS) is 47.8. The Morgan fingerprint density at radius 1 is 0.879 bits per heavy atom. The molecule has 0 saturated heterocycles. The van der Waals surface area contributed by atoms with Crippen LogP contribution in [0.15, 0.2) is 0 Å². The SMILES string of the molecule is CC(C)CCCC(C)C1CCC2(C)C3C(=O)CC4C(C)(C)C(O)CCC4(C)C3C(=O)CC12C. The predicted molar refractivity (Wildman–Crippen MR) is 134 cm³/mol. The highest BCUT2D eigenvalue weighted by Gasteiger charge is 2.72. The van der Waals surface area contributed by atoms with E-state index in [4.69, 9.17) is 0 Å². The molecule has 0 heterocycles. The van der Waals surface area contributed by atoms with Gasteiger partial charge in [0, 0.05) is 24.7 Å². The number of ketones is 2. The number of hydrogen-bond acceptors (Lipinski definition) is 3. The molecular formula is C30H50O3. The first kappa shape index (κ1) is 25.4. The summed E-state index contributed by atoms with van der Waals surface area (Å²) in [6.07, 6.45) is 8.40. The fourth-order valence-corrected chi connectivity index (χ4v) is 9.88. The van der Waals surface area contributed by atoms with Gasteiger partial charge >= 0.3 is 0 Å². The second kappa shape index (κ2) is 8.17. The molecule has 0 aromatic heterocycles. The summed E-state index contributed by atoms with van der Waals surface area (Å²) in [5.74, 6) is 2.34. The number of fused-ring (bicyclic) bond motifs is 5. The van der Waals surface area contributed by atoms with Crippen molar-refractivity contribution in [1.29, 1.82) is 0 Å². The van der Waals surface area contributed by atoms with Gasteiger partial charge in [0.05, 0.1) is 6.10 Å². The Labute approximate surface area is 202 Å². The van der Waals surface area contributed by atoms with E-state index in [1.165, 1.54) is 19.3 Å². The molecule has 4 aliphatic rings. The molecule has 4 fully saturated rings. The van der Waals surface area contributed by atoms with Gasteiger partial charge in [-0.3, -0.25) is 9.59 Å². The van der Waals surface area contributed by atoms with Gasteiger partial charge in [-0.2, -0.15) is 0 Å². The summed E-state index contributed by atoms with van der Waals surface area (Å²) in [6, 6.07) is 0. The van der Waals surface area contributed by atoms with Gasteiger partial charge in [-0.1, -0.05) is 74.7 Å². The van der Waals surface area contributed by atoms with Crippen LogP contribution < -0.4 is 0 Å². The van der Waals surface area contributed by atoms with E-state index in [1.807, 2.05) is 0 Å². The maximum absolute atomic E-state index is 14.1. The summed E-state index contributed by atoms with van der Waals surface area (Å²) < 4.78 is 0. The molecule has 0 bridgehead atoms. The molecule has 0 radical (unpaired) electrons. The van der Waals surface area contributed by atoms with Crippen molar-refractivity contribution in [2.24, 2.45) is 57.2 Å². The molecule has 4 rings (SSSR count). The van der Waals surface area contributed by atoms with Gasteiger partial charge in [-0.15, -0.1) is 0 Å². The first-order valence-corrected chi connectivity index (χ1v) is 13.9. The lowest BCUT2D eigenvalue weighted by Crippen LogP contribution is -2.66. The fraction of sp³-hybridized carbons (Fsp3) is 0.933. The van der Waals surface area contributed by atoms with E-state index in [9.17, 15) is 14.7 Å². The molecular weight excluding hydrogens is 408 g/mol. The second-order valence-electron chi connectivity index (χ2n) is 14.5. The highest BCUT2D eigenvalue weighted by Crippen LogP contribution is 2.73. The van der Waals surface area contributed by atoms with E-state index in [0.717, 1.165) is 31.6 Å². The first-order chi connectivity index (χ1) is 15.2. The van der Waals surface area contributed by atoms with Crippen molar-refractivity contribution >= 4 is 11.6 Å². The van der Waals surface area contributed by atoms with Crippen molar-refractivity contribution in [3.63, 3.8) is 0 Å². The number of aliphatic hydroxyl groups is 1. The Bertz CT molecular complexity index is 798. The Hall–Kier alpha value is -0.700. The first-order valence-electron chi connectivity index (χ1n) is 13.9. The number of carbonyl (C=O) groups is 2. The summed E-state index contributed by atoms with van der Waals surface area (Å²) in [4.78, 5) is 28.0. The van der Waals surface area contributed by atoms with Crippen LogP contribution in [0.2, 0.25) is 0 Å². The molecule has 0 aromatic carbocycles. The molecule has 4 aliphatic carbocycles. The topological polar surface area (TPSA) is 54.4 Å². The molecule has 4 saturated carbocycles. The zero-order valence-electron chi connectivity index (χ0n) is 22.7. The van der Waals surface area contributed by atoms with Crippen LogP contribution in [-0.4, -0.2) is 22.8 Å². The van der Waals surface area contributed by atoms with Crippen LogP contribution in [0.25, 0.3) is 0 Å². The molecule has 0 amide bonds. The standard InChI is InChI=1S/C30H50O3/c1-18(2)10-9-11-19(3)20-12-15-29(7)26-21(31)16-23-27(4,5)24(33)13-14-28(23,6)25(26)22(32)17-30(20,29)8/h18-20,23-26,33H,9-17H2,1-8H3. The van der Waals surface area contributed by atoms with Crippen molar-refractivity contribution < 1.29 is 14.7 Å². The lowest BCUT2D eigenvalue weighted by atomic mass is 9.37. The predicted octanol–water partition coefficient (Wildman–Crippen LogP) is 6.85. The second-order valence-corrected chi connectivity index (χ2v) is 14.5. The molecule has 3 heteroatoms. The van der Waals surface area contributed by atoms with Gasteiger partial charge in [-0.25, -0.2) is 0 Å². The number of Topliss-reactive ketones (excluding diaryl/α,β-unsaturated/α-hetero) is 2. The maximum Gasteiger partial charge on any atom is 0.137 e. The largest absolute Gasteiger partial charge is 0.393 e. The number of rotatable bonds is 5. The van der Waals surface area contributed by atoms with E-state index < -0.39 is 0 Å². The minimum Gasteiger partial charge on any atom is -0.393 e. The molecule has 0 aromatic rings. The van der Waals surface area contributed by atoms with E-state index in [-0.39, 0.29) is 45.5 Å². The molecule has 3 nitrogen and oxygen atoms in total. The maximum atomic E-state index is 14.1. The number of aliphatic hydroxyl groups excluding tert-OH is 1. The van der Waals surface area contributed by atoms with Gasteiger partial charge in [0.1, 0.15) is 11.6 Å². The molecule has 9 unspecified atom stereocenters. The fourth-order valence-electron chi connectivity index (χ4n) is 9.88. The molecule has 1 N–H and O–H groups in total. The van der Waals surface area contributed by atoms with Crippen molar-refractivity contribution in [1.82, 2.24) is 0 Å². The van der Waals surface area contributed by atoms with Crippen molar-refractivity contribution in [3.05, 3.63) is 0 Å².